The van der Waals surface area contributed by atoms with Crippen LogP contribution in [0.5, 0.6) is 0 Å². The van der Waals surface area contributed by atoms with E-state index >= 15 is 0 Å². The number of nitrogens with zero attached hydrogens (tertiary/aromatic N) is 2. The van der Waals surface area contributed by atoms with Crippen LogP contribution in [0.15, 0.2) is 10.7 Å². The summed E-state index contributed by atoms with van der Waals surface area (Å²) < 4.78 is 25.1. The van der Waals surface area contributed by atoms with Crippen molar-refractivity contribution in [2.24, 2.45) is 0 Å². The average Bonchev–Trinajstić information content (AvgIpc) is 2.02. The zero-order valence-corrected chi connectivity index (χ0v) is 8.27. The van der Waals surface area contributed by atoms with Crippen LogP contribution in [0.4, 0.5) is 8.78 Å². The maximum absolute atomic E-state index is 12.4. The smallest absolute Gasteiger partial charge is 0.245 e. The molecule has 1 aromatic heterocycles. The molecule has 0 aliphatic heterocycles. The quantitative estimate of drug-likeness (QED) is 0.715. The van der Waals surface area contributed by atoms with E-state index in [-0.39, 0.29) is 11.1 Å². The van der Waals surface area contributed by atoms with Gasteiger partial charge in [0.05, 0.1) is 11.3 Å². The van der Waals surface area contributed by atoms with Gasteiger partial charge in [-0.05, 0) is 28.9 Å². The Balaban J connectivity index is 3.41. The number of aryl methyl sites for hydroxylation is 1. The van der Waals surface area contributed by atoms with Gasteiger partial charge in [0, 0.05) is 5.56 Å². The number of alkyl halides is 2. The van der Waals surface area contributed by atoms with Gasteiger partial charge >= 0.3 is 0 Å². The average molecular weight is 247 g/mol. The van der Waals surface area contributed by atoms with Crippen LogP contribution in [0.1, 0.15) is 23.2 Å². The highest BCUT2D eigenvalue weighted by Crippen LogP contribution is 2.26. The number of pyridine rings is 1. The van der Waals surface area contributed by atoms with Gasteiger partial charge in [0.2, 0.25) is 0 Å². The van der Waals surface area contributed by atoms with E-state index in [1.165, 1.54) is 6.92 Å². The van der Waals surface area contributed by atoms with E-state index in [1.807, 2.05) is 0 Å². The third kappa shape index (κ3) is 2.01. The van der Waals surface area contributed by atoms with Crippen molar-refractivity contribution in [2.75, 3.05) is 0 Å². The molecule has 0 N–H and O–H groups in total. The number of nitriles is 1. The molecular formula is C8H5BrF2N2. The van der Waals surface area contributed by atoms with Crippen molar-refractivity contribution in [3.8, 4) is 6.07 Å². The van der Waals surface area contributed by atoms with Crippen molar-refractivity contribution in [3.05, 3.63) is 27.5 Å². The highest BCUT2D eigenvalue weighted by atomic mass is 79.9. The molecule has 0 amide bonds. The maximum atomic E-state index is 12.4. The summed E-state index contributed by atoms with van der Waals surface area (Å²) in [7, 11) is 0. The van der Waals surface area contributed by atoms with E-state index < -0.39 is 6.43 Å². The molecule has 1 aromatic rings. The summed E-state index contributed by atoms with van der Waals surface area (Å²) in [4.78, 5) is 3.85. The van der Waals surface area contributed by atoms with Gasteiger partial charge in [-0.2, -0.15) is 5.26 Å². The van der Waals surface area contributed by atoms with E-state index in [0.29, 0.717) is 10.3 Å². The summed E-state index contributed by atoms with van der Waals surface area (Å²) in [5, 5.41) is 8.60. The number of rotatable bonds is 1. The summed E-state index contributed by atoms with van der Waals surface area (Å²) in [6, 6.07) is 2.87. The molecule has 0 aliphatic carbocycles. The first kappa shape index (κ1) is 10.1. The highest BCUT2D eigenvalue weighted by Gasteiger charge is 2.16. The first-order valence-corrected chi connectivity index (χ1v) is 4.21. The van der Waals surface area contributed by atoms with E-state index in [9.17, 15) is 8.78 Å². The number of hydrogen-bond acceptors (Lipinski definition) is 2. The number of hydrogen-bond donors (Lipinski definition) is 0. The Hall–Kier alpha value is -1.02. The molecule has 0 fully saturated rings. The van der Waals surface area contributed by atoms with Crippen LogP contribution < -0.4 is 0 Å². The Morgan fingerprint density at radius 3 is 2.69 bits per heavy atom. The zero-order valence-electron chi connectivity index (χ0n) is 6.68. The second-order valence-electron chi connectivity index (χ2n) is 2.41. The van der Waals surface area contributed by atoms with Crippen molar-refractivity contribution in [1.82, 2.24) is 4.98 Å². The van der Waals surface area contributed by atoms with Gasteiger partial charge in [-0.1, -0.05) is 0 Å². The number of halogens is 3. The van der Waals surface area contributed by atoms with E-state index in [0.717, 1.165) is 6.07 Å². The van der Waals surface area contributed by atoms with Gasteiger partial charge in [-0.15, -0.1) is 0 Å². The van der Waals surface area contributed by atoms with E-state index in [1.54, 1.807) is 6.07 Å². The fourth-order valence-corrected chi connectivity index (χ4v) is 1.49. The van der Waals surface area contributed by atoms with Crippen LogP contribution >= 0.6 is 15.9 Å². The van der Waals surface area contributed by atoms with Crippen molar-refractivity contribution in [2.45, 2.75) is 13.3 Å². The molecule has 0 aromatic carbocycles. The Morgan fingerprint density at radius 2 is 2.23 bits per heavy atom. The number of aromatic nitrogens is 1. The third-order valence-corrected chi connectivity index (χ3v) is 1.95. The molecule has 5 heteroatoms. The van der Waals surface area contributed by atoms with Crippen LogP contribution in [0.3, 0.4) is 0 Å². The molecular weight excluding hydrogens is 242 g/mol. The van der Waals surface area contributed by atoms with Gasteiger partial charge in [0.15, 0.2) is 0 Å². The molecule has 0 bridgehead atoms. The SMILES string of the molecule is Cc1nc(Br)cc(C(F)F)c1C#N. The summed E-state index contributed by atoms with van der Waals surface area (Å²) in [6.45, 7) is 1.52. The van der Waals surface area contributed by atoms with Gasteiger partial charge in [-0.25, -0.2) is 13.8 Å². The molecule has 0 aliphatic rings. The minimum absolute atomic E-state index is 0.0433. The van der Waals surface area contributed by atoms with Crippen LogP contribution in [-0.2, 0) is 0 Å². The van der Waals surface area contributed by atoms with E-state index in [2.05, 4.69) is 20.9 Å². The Morgan fingerprint density at radius 1 is 1.62 bits per heavy atom. The lowest BCUT2D eigenvalue weighted by molar-refractivity contribution is 0.150. The minimum atomic E-state index is -2.65. The van der Waals surface area contributed by atoms with Crippen LogP contribution in [-0.4, -0.2) is 4.98 Å². The van der Waals surface area contributed by atoms with Crippen LogP contribution in [0, 0.1) is 18.3 Å². The molecule has 0 atom stereocenters. The fourth-order valence-electron chi connectivity index (χ4n) is 0.975. The predicted octanol–water partition coefficient (Wildman–Crippen LogP) is 2.96. The third-order valence-electron chi connectivity index (χ3n) is 1.55. The van der Waals surface area contributed by atoms with Gasteiger partial charge in [-0.3, -0.25) is 0 Å². The molecule has 0 unspecified atom stereocenters. The lowest BCUT2D eigenvalue weighted by Gasteiger charge is -2.05. The second kappa shape index (κ2) is 3.79. The van der Waals surface area contributed by atoms with E-state index in [4.69, 9.17) is 5.26 Å². The van der Waals surface area contributed by atoms with Gasteiger partial charge in [0.25, 0.3) is 6.43 Å². The van der Waals surface area contributed by atoms with Crippen molar-refractivity contribution >= 4 is 15.9 Å². The largest absolute Gasteiger partial charge is 0.265 e. The summed E-state index contributed by atoms with van der Waals surface area (Å²) in [6.07, 6.45) is -2.65. The molecule has 1 heterocycles. The molecule has 0 saturated carbocycles. The lowest BCUT2D eigenvalue weighted by atomic mass is 10.1. The standard InChI is InChI=1S/C8H5BrF2N2/c1-4-6(3-12)5(8(10)11)2-7(9)13-4/h2,8H,1H3. The van der Waals surface area contributed by atoms with Crippen molar-refractivity contribution in [1.29, 1.82) is 5.26 Å². The minimum Gasteiger partial charge on any atom is -0.245 e. The molecule has 13 heavy (non-hydrogen) atoms. The second-order valence-corrected chi connectivity index (χ2v) is 3.22. The monoisotopic (exact) mass is 246 g/mol. The Bertz CT molecular complexity index is 371. The first-order valence-electron chi connectivity index (χ1n) is 3.41. The lowest BCUT2D eigenvalue weighted by Crippen LogP contribution is -1.97. The normalized spacial score (nSPS) is 10.2. The molecule has 68 valence electrons. The topological polar surface area (TPSA) is 36.7 Å². The maximum Gasteiger partial charge on any atom is 0.265 e. The Labute approximate surface area is 82.3 Å². The highest BCUT2D eigenvalue weighted by molar-refractivity contribution is 9.10. The molecule has 2 nitrogen and oxygen atoms in total. The first-order chi connectivity index (χ1) is 6.06. The van der Waals surface area contributed by atoms with Crippen molar-refractivity contribution < 1.29 is 8.78 Å². The van der Waals surface area contributed by atoms with Crippen molar-refractivity contribution in [3.63, 3.8) is 0 Å². The molecule has 1 rings (SSSR count). The molecule has 0 saturated heterocycles. The zero-order chi connectivity index (χ0) is 10.0. The fraction of sp³-hybridized carbons (Fsp3) is 0.250. The summed E-state index contributed by atoms with van der Waals surface area (Å²) >= 11 is 2.99. The van der Waals surface area contributed by atoms with Gasteiger partial charge < -0.3 is 0 Å². The Kier molecular flexibility index (Phi) is 2.94. The molecule has 0 spiro atoms. The summed E-state index contributed by atoms with van der Waals surface area (Å²) in [5.41, 5.74) is -0.00718. The van der Waals surface area contributed by atoms with Gasteiger partial charge in [0.1, 0.15) is 10.7 Å². The molecule has 0 radical (unpaired) electrons. The van der Waals surface area contributed by atoms with Crippen LogP contribution in [0.2, 0.25) is 0 Å². The summed E-state index contributed by atoms with van der Waals surface area (Å²) in [5.74, 6) is 0. The predicted molar refractivity (Wildman–Crippen MR) is 46.3 cm³/mol. The van der Waals surface area contributed by atoms with Crippen LogP contribution in [0.25, 0.3) is 0 Å².